The minimum absolute atomic E-state index is 0.0647. The minimum atomic E-state index is -0.947. The van der Waals surface area contributed by atoms with Gasteiger partial charge in [0.05, 0.1) is 18.3 Å². The quantitative estimate of drug-likeness (QED) is 0.722. The third kappa shape index (κ3) is 3.68. The van der Waals surface area contributed by atoms with E-state index in [-0.39, 0.29) is 17.9 Å². The van der Waals surface area contributed by atoms with Gasteiger partial charge in [-0.1, -0.05) is 19.3 Å². The molecule has 7 heteroatoms. The lowest BCUT2D eigenvalue weighted by molar-refractivity contribution is -0.133. The van der Waals surface area contributed by atoms with E-state index < -0.39 is 5.54 Å². The van der Waals surface area contributed by atoms with Crippen LogP contribution in [-0.2, 0) is 16.1 Å². The van der Waals surface area contributed by atoms with Crippen LogP contribution in [0.1, 0.15) is 62.9 Å². The third-order valence-electron chi connectivity index (χ3n) is 6.35. The van der Waals surface area contributed by atoms with Crippen LogP contribution >= 0.6 is 0 Å². The van der Waals surface area contributed by atoms with Crippen molar-refractivity contribution in [1.29, 1.82) is 0 Å². The molecule has 1 fully saturated rings. The number of nitrogens with zero attached hydrogens (tertiary/aromatic N) is 2. The van der Waals surface area contributed by atoms with Crippen LogP contribution in [0, 0.1) is 0 Å². The molecule has 0 bridgehead atoms. The van der Waals surface area contributed by atoms with Gasteiger partial charge in [-0.15, -0.1) is 0 Å². The van der Waals surface area contributed by atoms with Crippen LogP contribution in [-0.4, -0.2) is 52.6 Å². The van der Waals surface area contributed by atoms with Crippen molar-refractivity contribution in [2.75, 3.05) is 19.8 Å². The summed E-state index contributed by atoms with van der Waals surface area (Å²) >= 11 is 0. The molecule has 2 aromatic heterocycles. The Bertz CT molecular complexity index is 880. The predicted molar refractivity (Wildman–Crippen MR) is 110 cm³/mol. The molecule has 1 saturated carbocycles. The van der Waals surface area contributed by atoms with Crippen LogP contribution in [0.3, 0.4) is 0 Å². The molecule has 2 aromatic rings. The second-order valence-corrected chi connectivity index (χ2v) is 8.38. The Morgan fingerprint density at radius 2 is 2.14 bits per heavy atom. The lowest BCUT2D eigenvalue weighted by Gasteiger charge is -2.44. The van der Waals surface area contributed by atoms with E-state index in [4.69, 9.17) is 9.15 Å². The fourth-order valence-corrected chi connectivity index (χ4v) is 4.68. The van der Waals surface area contributed by atoms with Crippen molar-refractivity contribution in [3.63, 3.8) is 0 Å². The van der Waals surface area contributed by atoms with E-state index in [0.29, 0.717) is 44.0 Å². The molecule has 2 aliphatic rings. The maximum Gasteiger partial charge on any atom is 0.271 e. The van der Waals surface area contributed by atoms with Crippen molar-refractivity contribution in [3.05, 3.63) is 24.1 Å². The highest BCUT2D eigenvalue weighted by Gasteiger charge is 2.48. The SMILES string of the molecule is CCOCCCN1C(=O)c2cc3occc3n2CC1(C)C(=O)NC1CCCCC1. The molecule has 29 heavy (non-hydrogen) atoms. The van der Waals surface area contributed by atoms with Crippen LogP contribution in [0.15, 0.2) is 22.8 Å². The first-order valence-electron chi connectivity index (χ1n) is 10.8. The van der Waals surface area contributed by atoms with Gasteiger partial charge in [-0.05, 0) is 33.1 Å². The van der Waals surface area contributed by atoms with Gasteiger partial charge < -0.3 is 23.9 Å². The highest BCUT2D eigenvalue weighted by molar-refractivity contribution is 6.02. The van der Waals surface area contributed by atoms with Crippen LogP contribution in [0.2, 0.25) is 0 Å². The van der Waals surface area contributed by atoms with Gasteiger partial charge in [0.2, 0.25) is 5.91 Å². The Balaban J connectivity index is 1.62. The number of amides is 2. The average Bonchev–Trinajstić information content (AvgIpc) is 3.30. The van der Waals surface area contributed by atoms with Crippen LogP contribution in [0.5, 0.6) is 0 Å². The van der Waals surface area contributed by atoms with Crippen LogP contribution in [0.25, 0.3) is 11.1 Å². The number of fused-ring (bicyclic) bond motifs is 3. The Morgan fingerprint density at radius 3 is 2.90 bits per heavy atom. The molecule has 2 amide bonds. The van der Waals surface area contributed by atoms with Gasteiger partial charge in [0.15, 0.2) is 5.58 Å². The smallest absolute Gasteiger partial charge is 0.271 e. The Labute approximate surface area is 171 Å². The van der Waals surface area contributed by atoms with Crippen molar-refractivity contribution < 1.29 is 18.7 Å². The van der Waals surface area contributed by atoms with Gasteiger partial charge in [0, 0.05) is 37.9 Å². The van der Waals surface area contributed by atoms with E-state index in [0.717, 1.165) is 31.2 Å². The summed E-state index contributed by atoms with van der Waals surface area (Å²) in [6, 6.07) is 3.84. The van der Waals surface area contributed by atoms with Crippen LogP contribution < -0.4 is 5.32 Å². The molecule has 4 rings (SSSR count). The summed E-state index contributed by atoms with van der Waals surface area (Å²) in [4.78, 5) is 28.6. The van der Waals surface area contributed by atoms with Gasteiger partial charge in [0.25, 0.3) is 5.91 Å². The maximum atomic E-state index is 13.5. The molecule has 1 aliphatic heterocycles. The van der Waals surface area contributed by atoms with Crippen molar-refractivity contribution in [2.45, 2.75) is 70.5 Å². The fraction of sp³-hybridized carbons (Fsp3) is 0.636. The van der Waals surface area contributed by atoms with Gasteiger partial charge in [0.1, 0.15) is 11.2 Å². The zero-order valence-corrected chi connectivity index (χ0v) is 17.4. The molecule has 1 atom stereocenters. The molecule has 0 spiro atoms. The van der Waals surface area contributed by atoms with Gasteiger partial charge in [-0.3, -0.25) is 9.59 Å². The molecule has 1 N–H and O–H groups in total. The van der Waals surface area contributed by atoms with Crippen molar-refractivity contribution in [3.8, 4) is 0 Å². The summed E-state index contributed by atoms with van der Waals surface area (Å²) in [5, 5.41) is 3.25. The summed E-state index contributed by atoms with van der Waals surface area (Å²) in [5.41, 5.74) is 1.18. The van der Waals surface area contributed by atoms with Crippen molar-refractivity contribution >= 4 is 22.9 Å². The average molecular weight is 402 g/mol. The van der Waals surface area contributed by atoms with E-state index in [1.165, 1.54) is 6.42 Å². The largest absolute Gasteiger partial charge is 0.463 e. The monoisotopic (exact) mass is 401 g/mol. The zero-order valence-electron chi connectivity index (χ0n) is 17.4. The summed E-state index contributed by atoms with van der Waals surface area (Å²) in [6.45, 7) is 5.97. The first kappa shape index (κ1) is 20.0. The van der Waals surface area contributed by atoms with Crippen molar-refractivity contribution in [2.24, 2.45) is 0 Å². The summed E-state index contributed by atoms with van der Waals surface area (Å²) < 4.78 is 12.9. The summed E-state index contributed by atoms with van der Waals surface area (Å²) in [5.74, 6) is -0.189. The molecule has 1 unspecified atom stereocenters. The number of ether oxygens (including phenoxy) is 1. The minimum Gasteiger partial charge on any atom is -0.463 e. The molecule has 0 saturated heterocycles. The lowest BCUT2D eigenvalue weighted by Crippen LogP contribution is -2.65. The molecule has 0 aromatic carbocycles. The van der Waals surface area contributed by atoms with Crippen LogP contribution in [0.4, 0.5) is 0 Å². The number of aromatic nitrogens is 1. The molecule has 0 radical (unpaired) electrons. The maximum absolute atomic E-state index is 13.5. The third-order valence-corrected chi connectivity index (χ3v) is 6.35. The molecule has 1 aliphatic carbocycles. The standard InChI is InChI=1S/C22H31N3O4/c1-3-28-12-7-11-25-20(26)18-14-19-17(10-13-29-19)24(18)15-22(25,2)21(27)23-16-8-5-4-6-9-16/h10,13-14,16H,3-9,11-12,15H2,1-2H3,(H,23,27). The van der Waals surface area contributed by atoms with E-state index >= 15 is 0 Å². The molecule has 7 nitrogen and oxygen atoms in total. The van der Waals surface area contributed by atoms with Crippen molar-refractivity contribution in [1.82, 2.24) is 14.8 Å². The van der Waals surface area contributed by atoms with E-state index in [2.05, 4.69) is 5.32 Å². The topological polar surface area (TPSA) is 76.7 Å². The van der Waals surface area contributed by atoms with Gasteiger partial charge >= 0.3 is 0 Å². The predicted octanol–water partition coefficient (Wildman–Crippen LogP) is 3.32. The number of carbonyl (C=O) groups is 2. The number of rotatable bonds is 7. The van der Waals surface area contributed by atoms with Gasteiger partial charge in [-0.25, -0.2) is 0 Å². The number of nitrogens with one attached hydrogen (secondary N) is 1. The second kappa shape index (κ2) is 8.22. The summed E-state index contributed by atoms with van der Waals surface area (Å²) in [7, 11) is 0. The highest BCUT2D eigenvalue weighted by Crippen LogP contribution is 2.33. The molecule has 158 valence electrons. The normalized spacial score (nSPS) is 22.8. The fourth-order valence-electron chi connectivity index (χ4n) is 4.68. The van der Waals surface area contributed by atoms with E-state index in [1.807, 2.05) is 24.5 Å². The second-order valence-electron chi connectivity index (χ2n) is 8.38. The first-order valence-corrected chi connectivity index (χ1v) is 10.8. The Morgan fingerprint density at radius 1 is 1.34 bits per heavy atom. The van der Waals surface area contributed by atoms with Gasteiger partial charge in [-0.2, -0.15) is 0 Å². The zero-order chi connectivity index (χ0) is 20.4. The molecular formula is C22H31N3O4. The number of hydrogen-bond acceptors (Lipinski definition) is 4. The van der Waals surface area contributed by atoms with E-state index in [1.54, 1.807) is 17.2 Å². The molecular weight excluding hydrogens is 370 g/mol. The highest BCUT2D eigenvalue weighted by atomic mass is 16.5. The Hall–Kier alpha value is -2.28. The number of furan rings is 1. The Kier molecular flexibility index (Phi) is 5.67. The molecule has 3 heterocycles. The number of hydrogen-bond donors (Lipinski definition) is 1. The lowest BCUT2D eigenvalue weighted by atomic mass is 9.91. The number of carbonyl (C=O) groups excluding carboxylic acids is 2. The first-order chi connectivity index (χ1) is 14.0. The summed E-state index contributed by atoms with van der Waals surface area (Å²) in [6.07, 6.45) is 7.88. The van der Waals surface area contributed by atoms with E-state index in [9.17, 15) is 9.59 Å².